The number of rotatable bonds is 1. The Morgan fingerprint density at radius 1 is 1.19 bits per heavy atom. The van der Waals surface area contributed by atoms with E-state index in [1.54, 1.807) is 0 Å². The summed E-state index contributed by atoms with van der Waals surface area (Å²) in [6.07, 6.45) is -1.98. The van der Waals surface area contributed by atoms with Crippen molar-refractivity contribution in [1.29, 1.82) is 0 Å². The quantitative estimate of drug-likeness (QED) is 0.459. The number of alkyl carbamates (subject to hydrolysis) is 1. The number of hydrogen-bond acceptors (Lipinski definition) is 2. The van der Waals surface area contributed by atoms with Crippen LogP contribution in [0.3, 0.4) is 0 Å². The summed E-state index contributed by atoms with van der Waals surface area (Å²) in [5.74, 6) is -6.89. The number of nitrogens with one attached hydrogen (secondary N) is 1. The van der Waals surface area contributed by atoms with E-state index in [9.17, 15) is 22.4 Å². The van der Waals surface area contributed by atoms with Gasteiger partial charge in [0, 0.05) is 5.56 Å². The van der Waals surface area contributed by atoms with Gasteiger partial charge in [-0.25, -0.2) is 22.4 Å². The summed E-state index contributed by atoms with van der Waals surface area (Å²) in [5, 5.41) is 2.18. The second-order valence-corrected chi connectivity index (χ2v) is 3.16. The first-order valence-corrected chi connectivity index (χ1v) is 4.28. The highest BCUT2D eigenvalue weighted by Crippen LogP contribution is 2.27. The van der Waals surface area contributed by atoms with Crippen LogP contribution in [-0.2, 0) is 4.74 Å². The molecule has 1 aliphatic heterocycles. The topological polar surface area (TPSA) is 38.3 Å². The third-order valence-corrected chi connectivity index (χ3v) is 2.16. The molecule has 1 aromatic rings. The molecule has 1 atom stereocenters. The van der Waals surface area contributed by atoms with Crippen molar-refractivity contribution < 1.29 is 27.1 Å². The maximum atomic E-state index is 13.2. The number of cyclic esters (lactones) is 1. The van der Waals surface area contributed by atoms with Gasteiger partial charge in [-0.2, -0.15) is 0 Å². The van der Waals surface area contributed by atoms with Gasteiger partial charge in [-0.1, -0.05) is 0 Å². The molecule has 1 N–H and O–H groups in total. The molecule has 1 fully saturated rings. The van der Waals surface area contributed by atoms with Gasteiger partial charge in [0.1, 0.15) is 6.10 Å². The van der Waals surface area contributed by atoms with Crippen LogP contribution in [0.15, 0.2) is 6.07 Å². The average Bonchev–Trinajstić information content (AvgIpc) is 2.67. The van der Waals surface area contributed by atoms with Crippen molar-refractivity contribution >= 4 is 6.09 Å². The molecule has 2 rings (SSSR count). The van der Waals surface area contributed by atoms with E-state index in [2.05, 4.69) is 10.1 Å². The Kier molecular flexibility index (Phi) is 2.45. The van der Waals surface area contributed by atoms with E-state index in [1.807, 2.05) is 0 Å². The number of halogens is 4. The molecule has 1 aliphatic rings. The van der Waals surface area contributed by atoms with E-state index in [4.69, 9.17) is 0 Å². The minimum Gasteiger partial charge on any atom is -0.439 e. The fraction of sp³-hybridized carbons (Fsp3) is 0.222. The van der Waals surface area contributed by atoms with E-state index in [0.29, 0.717) is 6.07 Å². The van der Waals surface area contributed by atoms with E-state index < -0.39 is 41.0 Å². The van der Waals surface area contributed by atoms with Crippen molar-refractivity contribution in [3.63, 3.8) is 0 Å². The molecule has 1 unspecified atom stereocenters. The summed E-state index contributed by atoms with van der Waals surface area (Å²) >= 11 is 0. The molecule has 0 aromatic heterocycles. The van der Waals surface area contributed by atoms with Crippen molar-refractivity contribution in [3.8, 4) is 0 Å². The van der Waals surface area contributed by atoms with Gasteiger partial charge in [0.25, 0.3) is 0 Å². The van der Waals surface area contributed by atoms with Gasteiger partial charge < -0.3 is 10.1 Å². The maximum Gasteiger partial charge on any atom is 0.407 e. The van der Waals surface area contributed by atoms with Crippen molar-refractivity contribution in [3.05, 3.63) is 34.9 Å². The zero-order valence-corrected chi connectivity index (χ0v) is 7.69. The molecule has 16 heavy (non-hydrogen) atoms. The zero-order chi connectivity index (χ0) is 11.9. The molecular weight excluding hydrogens is 230 g/mol. The first kappa shape index (κ1) is 10.7. The highest BCUT2D eigenvalue weighted by molar-refractivity contribution is 5.69. The maximum absolute atomic E-state index is 13.2. The van der Waals surface area contributed by atoms with Crippen molar-refractivity contribution in [2.24, 2.45) is 0 Å². The van der Waals surface area contributed by atoms with Gasteiger partial charge >= 0.3 is 6.09 Å². The summed E-state index contributed by atoms with van der Waals surface area (Å²) in [6.45, 7) is -0.125. The lowest BCUT2D eigenvalue weighted by molar-refractivity contribution is 0.138. The van der Waals surface area contributed by atoms with Gasteiger partial charge in [-0.05, 0) is 6.07 Å². The predicted octanol–water partition coefficient (Wildman–Crippen LogP) is 2.02. The molecular formula is C9H5F4NO2. The molecule has 0 spiro atoms. The lowest BCUT2D eigenvalue weighted by Gasteiger charge is -2.10. The van der Waals surface area contributed by atoms with Crippen LogP contribution >= 0.6 is 0 Å². The van der Waals surface area contributed by atoms with E-state index >= 15 is 0 Å². The fourth-order valence-electron chi connectivity index (χ4n) is 1.39. The number of hydrogen-bond donors (Lipinski definition) is 1. The lowest BCUT2D eigenvalue weighted by atomic mass is 10.1. The average molecular weight is 235 g/mol. The number of benzene rings is 1. The van der Waals surface area contributed by atoms with Crippen LogP contribution in [0.5, 0.6) is 0 Å². The first-order chi connectivity index (χ1) is 7.50. The van der Waals surface area contributed by atoms with Crippen LogP contribution < -0.4 is 5.32 Å². The first-order valence-electron chi connectivity index (χ1n) is 4.28. The summed E-state index contributed by atoms with van der Waals surface area (Å²) < 4.78 is 56.1. The fourth-order valence-corrected chi connectivity index (χ4v) is 1.39. The van der Waals surface area contributed by atoms with Crippen LogP contribution in [0.4, 0.5) is 22.4 Å². The van der Waals surface area contributed by atoms with Crippen molar-refractivity contribution in [1.82, 2.24) is 5.32 Å². The van der Waals surface area contributed by atoms with Gasteiger partial charge in [0.15, 0.2) is 23.3 Å². The van der Waals surface area contributed by atoms with Gasteiger partial charge in [0.2, 0.25) is 0 Å². The number of amides is 1. The second-order valence-electron chi connectivity index (χ2n) is 3.16. The largest absolute Gasteiger partial charge is 0.439 e. The zero-order valence-electron chi connectivity index (χ0n) is 7.69. The van der Waals surface area contributed by atoms with Gasteiger partial charge in [-0.15, -0.1) is 0 Å². The Morgan fingerprint density at radius 2 is 1.88 bits per heavy atom. The molecule has 1 heterocycles. The molecule has 0 radical (unpaired) electrons. The predicted molar refractivity (Wildman–Crippen MR) is 43.5 cm³/mol. The van der Waals surface area contributed by atoms with E-state index in [1.165, 1.54) is 0 Å². The smallest absolute Gasteiger partial charge is 0.407 e. The SMILES string of the molecule is O=C1NCC(c2cc(F)c(F)c(F)c2F)O1. The van der Waals surface area contributed by atoms with Crippen molar-refractivity contribution in [2.45, 2.75) is 6.10 Å². The number of ether oxygens (including phenoxy) is 1. The van der Waals surface area contributed by atoms with Crippen LogP contribution in [0.1, 0.15) is 11.7 Å². The highest BCUT2D eigenvalue weighted by atomic mass is 19.2. The molecule has 0 aliphatic carbocycles. The van der Waals surface area contributed by atoms with E-state index in [-0.39, 0.29) is 6.54 Å². The van der Waals surface area contributed by atoms with Gasteiger partial charge in [0.05, 0.1) is 6.54 Å². The Labute approximate surface area is 87.0 Å². The second kappa shape index (κ2) is 3.66. The molecule has 3 nitrogen and oxygen atoms in total. The van der Waals surface area contributed by atoms with E-state index in [0.717, 1.165) is 0 Å². The van der Waals surface area contributed by atoms with Crippen molar-refractivity contribution in [2.75, 3.05) is 6.54 Å². The normalized spacial score (nSPS) is 19.5. The summed E-state index contributed by atoms with van der Waals surface area (Å²) in [6, 6.07) is 0.471. The molecule has 1 aromatic carbocycles. The molecule has 1 saturated heterocycles. The summed E-state index contributed by atoms with van der Waals surface area (Å²) in [4.78, 5) is 10.7. The minimum absolute atomic E-state index is 0.125. The summed E-state index contributed by atoms with van der Waals surface area (Å²) in [7, 11) is 0. The lowest BCUT2D eigenvalue weighted by Crippen LogP contribution is -2.13. The number of carbonyl (C=O) groups excluding carboxylic acids is 1. The molecule has 86 valence electrons. The minimum atomic E-state index is -1.92. The summed E-state index contributed by atoms with van der Waals surface area (Å²) in [5.41, 5.74) is -0.533. The highest BCUT2D eigenvalue weighted by Gasteiger charge is 2.30. The third-order valence-electron chi connectivity index (χ3n) is 2.16. The standard InChI is InChI=1S/C9H5F4NO2/c10-4-1-3(5-2-14-9(15)16-5)6(11)8(13)7(4)12/h1,5H,2H2,(H,14,15). The van der Waals surface area contributed by atoms with Crippen LogP contribution in [-0.4, -0.2) is 12.6 Å². The van der Waals surface area contributed by atoms with Crippen LogP contribution in [0.2, 0.25) is 0 Å². The third kappa shape index (κ3) is 1.58. The Hall–Kier alpha value is -1.79. The monoisotopic (exact) mass is 235 g/mol. The van der Waals surface area contributed by atoms with Gasteiger partial charge in [-0.3, -0.25) is 0 Å². The Morgan fingerprint density at radius 3 is 2.44 bits per heavy atom. The van der Waals surface area contributed by atoms with Crippen LogP contribution in [0, 0.1) is 23.3 Å². The molecule has 7 heteroatoms. The van der Waals surface area contributed by atoms with Crippen LogP contribution in [0.25, 0.3) is 0 Å². The molecule has 0 saturated carbocycles. The molecule has 0 bridgehead atoms. The number of carbonyl (C=O) groups is 1. The Balaban J connectivity index is 2.45. The Bertz CT molecular complexity index is 463. The molecule has 1 amide bonds.